The number of hydrogen-bond acceptors (Lipinski definition) is 11. The van der Waals surface area contributed by atoms with Crippen LogP contribution in [-0.2, 0) is 38.7 Å². The number of rotatable bonds is 6. The van der Waals surface area contributed by atoms with Crippen LogP contribution in [0.3, 0.4) is 0 Å². The number of aliphatic hydroxyl groups is 1. The average molecular weight is 571 g/mol. The zero-order valence-corrected chi connectivity index (χ0v) is 24.1. The highest BCUT2D eigenvalue weighted by Crippen LogP contribution is 2.63. The van der Waals surface area contributed by atoms with Crippen LogP contribution in [0.1, 0.15) is 58.3 Å². The summed E-state index contributed by atoms with van der Waals surface area (Å²) in [5.74, 6) is -1.57. The van der Waals surface area contributed by atoms with Crippen LogP contribution in [0, 0.1) is 5.92 Å². The van der Waals surface area contributed by atoms with Crippen LogP contribution < -0.4 is 14.2 Å². The fourth-order valence-corrected chi connectivity index (χ4v) is 6.04. The molecule has 1 aromatic rings. The first-order valence-corrected chi connectivity index (χ1v) is 13.4. The minimum atomic E-state index is -1.87. The Morgan fingerprint density at radius 2 is 1.88 bits per heavy atom. The monoisotopic (exact) mass is 570 g/mol. The molecule has 11 heteroatoms. The van der Waals surface area contributed by atoms with E-state index in [4.69, 9.17) is 33.2 Å². The predicted octanol–water partition coefficient (Wildman–Crippen LogP) is 3.33. The van der Waals surface area contributed by atoms with Gasteiger partial charge in [0.1, 0.15) is 23.7 Å². The molecule has 1 spiro atoms. The molecule has 5 unspecified atom stereocenters. The Morgan fingerprint density at radius 1 is 1.15 bits per heavy atom. The van der Waals surface area contributed by atoms with Gasteiger partial charge in [0.15, 0.2) is 23.4 Å². The second kappa shape index (κ2) is 10.1. The Bertz CT molecular complexity index is 1420. The second-order valence-electron chi connectivity index (χ2n) is 10.7. The lowest BCUT2D eigenvalue weighted by molar-refractivity contribution is -0.178. The summed E-state index contributed by atoms with van der Waals surface area (Å²) in [5.41, 5.74) is -1.83. The number of benzene rings is 1. The highest BCUT2D eigenvalue weighted by Gasteiger charge is 2.64. The van der Waals surface area contributed by atoms with Gasteiger partial charge in [0.25, 0.3) is 0 Å². The van der Waals surface area contributed by atoms with E-state index < -0.39 is 46.9 Å². The van der Waals surface area contributed by atoms with Crippen LogP contribution in [0.4, 0.5) is 0 Å². The fourth-order valence-electron chi connectivity index (χ4n) is 6.04. The van der Waals surface area contributed by atoms with E-state index in [1.165, 1.54) is 27.2 Å². The summed E-state index contributed by atoms with van der Waals surface area (Å²) < 4.78 is 41.2. The lowest BCUT2D eigenvalue weighted by Gasteiger charge is -2.49. The Balaban J connectivity index is 1.91. The van der Waals surface area contributed by atoms with Crippen molar-refractivity contribution >= 4 is 17.7 Å². The van der Waals surface area contributed by atoms with Crippen molar-refractivity contribution in [3.05, 3.63) is 52.0 Å². The third kappa shape index (κ3) is 4.00. The molecule has 11 nitrogen and oxygen atoms in total. The van der Waals surface area contributed by atoms with E-state index in [1.54, 1.807) is 39.8 Å². The largest absolute Gasteiger partial charge is 0.496 e. The van der Waals surface area contributed by atoms with Crippen LogP contribution in [0.2, 0.25) is 0 Å². The maximum absolute atomic E-state index is 13.5. The highest BCUT2D eigenvalue weighted by atomic mass is 16.7. The number of fused-ring (bicyclic) bond motifs is 2. The molecule has 41 heavy (non-hydrogen) atoms. The molecule has 1 N–H and O–H groups in total. The van der Waals surface area contributed by atoms with Gasteiger partial charge in [-0.1, -0.05) is 19.9 Å². The van der Waals surface area contributed by atoms with Gasteiger partial charge in [-0.15, -0.1) is 0 Å². The van der Waals surface area contributed by atoms with E-state index in [-0.39, 0.29) is 36.9 Å². The number of ketones is 1. The van der Waals surface area contributed by atoms with E-state index >= 15 is 0 Å². The molecule has 0 aromatic heterocycles. The number of carbonyl (C=O) groups excluding carboxylic acids is 3. The maximum Gasteiger partial charge on any atom is 0.334 e. The van der Waals surface area contributed by atoms with Gasteiger partial charge in [-0.3, -0.25) is 9.59 Å². The van der Waals surface area contributed by atoms with Gasteiger partial charge >= 0.3 is 11.9 Å². The number of carbonyl (C=O) groups is 3. The third-order valence-corrected chi connectivity index (χ3v) is 8.54. The number of allylic oxidation sites excluding steroid dienone is 2. The average Bonchev–Trinajstić information content (AvgIpc) is 3.59. The molecule has 4 aliphatic rings. The van der Waals surface area contributed by atoms with Gasteiger partial charge in [-0.05, 0) is 38.5 Å². The molecule has 5 rings (SSSR count). The van der Waals surface area contributed by atoms with Crippen molar-refractivity contribution in [1.82, 2.24) is 0 Å². The van der Waals surface area contributed by atoms with Gasteiger partial charge in [-0.2, -0.15) is 0 Å². The van der Waals surface area contributed by atoms with Crippen LogP contribution in [0.5, 0.6) is 17.2 Å². The third-order valence-electron chi connectivity index (χ3n) is 8.54. The molecule has 0 bridgehead atoms. The summed E-state index contributed by atoms with van der Waals surface area (Å²) in [7, 11) is 2.74. The summed E-state index contributed by atoms with van der Waals surface area (Å²) in [5, 5.41) is 12.3. The molecule has 220 valence electrons. The molecule has 0 fully saturated rings. The van der Waals surface area contributed by atoms with Crippen molar-refractivity contribution in [3.63, 3.8) is 0 Å². The highest BCUT2D eigenvalue weighted by molar-refractivity contribution is 6.06. The Morgan fingerprint density at radius 3 is 2.51 bits per heavy atom. The molecular weight excluding hydrogens is 536 g/mol. The van der Waals surface area contributed by atoms with Crippen LogP contribution in [-0.4, -0.2) is 62.2 Å². The van der Waals surface area contributed by atoms with Gasteiger partial charge in [0.05, 0.1) is 14.2 Å². The topological polar surface area (TPSA) is 136 Å². The normalized spacial score (nSPS) is 29.9. The summed E-state index contributed by atoms with van der Waals surface area (Å²) >= 11 is 0. The molecular formula is C30H34O11. The summed E-state index contributed by atoms with van der Waals surface area (Å²) in [4.78, 5) is 39.5. The fraction of sp³-hybridized carbons (Fsp3) is 0.500. The number of ether oxygens (including phenoxy) is 7. The number of hydrogen-bond donors (Lipinski definition) is 1. The van der Waals surface area contributed by atoms with Crippen LogP contribution >= 0.6 is 0 Å². The number of esters is 2. The van der Waals surface area contributed by atoms with Crippen LogP contribution in [0.15, 0.2) is 40.9 Å². The minimum Gasteiger partial charge on any atom is -0.496 e. The van der Waals surface area contributed by atoms with E-state index in [0.717, 1.165) is 0 Å². The SMILES string of the molecule is CC=C(C)C(=O)OC1C2=CC(=O)C(OC)=C(OC)C23COc2c4c(cc(c23)C(OC(=O)CC)C(C)C1(C)O)OCO4. The smallest absolute Gasteiger partial charge is 0.334 e. The Kier molecular flexibility index (Phi) is 7.05. The first-order valence-electron chi connectivity index (χ1n) is 13.4. The van der Waals surface area contributed by atoms with E-state index in [0.29, 0.717) is 33.9 Å². The molecule has 5 atom stereocenters. The molecule has 0 saturated heterocycles. The molecule has 2 heterocycles. The summed E-state index contributed by atoms with van der Waals surface area (Å²) in [6, 6.07) is 1.70. The molecule has 2 aliphatic heterocycles. The van der Waals surface area contributed by atoms with Crippen LogP contribution in [0.25, 0.3) is 0 Å². The maximum atomic E-state index is 13.5. The van der Waals surface area contributed by atoms with Crippen molar-refractivity contribution in [2.75, 3.05) is 27.6 Å². The van der Waals surface area contributed by atoms with Crippen molar-refractivity contribution < 1.29 is 52.6 Å². The quantitative estimate of drug-likeness (QED) is 0.398. The van der Waals surface area contributed by atoms with Gasteiger partial charge in [0, 0.05) is 29.0 Å². The van der Waals surface area contributed by atoms with Crippen molar-refractivity contribution in [2.45, 2.75) is 64.3 Å². The zero-order chi connectivity index (χ0) is 29.9. The van der Waals surface area contributed by atoms with Gasteiger partial charge in [0.2, 0.25) is 24.1 Å². The predicted molar refractivity (Wildman–Crippen MR) is 142 cm³/mol. The standard InChI is InChI=1S/C30H34O11/c1-8-14(3)28(33)41-26-17-11-18(31)23(35-6)27(36-7)30(17)12-37-25-21(30)16(10-19-24(25)39-13-38-19)22(40-20(32)9-2)15(4)29(26,5)34/h8,10-11,15,22,26,34H,9,12-13H2,1-7H3. The first kappa shape index (κ1) is 28.5. The second-order valence-corrected chi connectivity index (χ2v) is 10.7. The van der Waals surface area contributed by atoms with Crippen molar-refractivity contribution in [1.29, 1.82) is 0 Å². The molecule has 2 aliphatic carbocycles. The van der Waals surface area contributed by atoms with Crippen molar-refractivity contribution in [3.8, 4) is 17.2 Å². The summed E-state index contributed by atoms with van der Waals surface area (Å²) in [6.07, 6.45) is 0.517. The summed E-state index contributed by atoms with van der Waals surface area (Å²) in [6.45, 7) is 7.93. The number of methoxy groups -OCH3 is 2. The Hall–Kier alpha value is -3.99. The first-order chi connectivity index (χ1) is 19.5. The van der Waals surface area contributed by atoms with Crippen molar-refractivity contribution in [2.24, 2.45) is 5.92 Å². The molecule has 0 amide bonds. The zero-order valence-electron chi connectivity index (χ0n) is 24.1. The molecule has 0 saturated carbocycles. The molecule has 1 aromatic carbocycles. The van der Waals surface area contributed by atoms with E-state index in [1.807, 2.05) is 0 Å². The van der Waals surface area contributed by atoms with Gasteiger partial charge in [-0.25, -0.2) is 4.79 Å². The lowest BCUT2D eigenvalue weighted by Crippen LogP contribution is -2.57. The van der Waals surface area contributed by atoms with E-state index in [2.05, 4.69) is 0 Å². The molecule has 0 radical (unpaired) electrons. The lowest BCUT2D eigenvalue weighted by atomic mass is 9.60. The van der Waals surface area contributed by atoms with E-state index in [9.17, 15) is 19.5 Å². The minimum absolute atomic E-state index is 0.0609. The Labute approximate surface area is 237 Å². The van der Waals surface area contributed by atoms with Gasteiger partial charge < -0.3 is 38.3 Å².